The molecule has 3 aliphatic heterocycles. The predicted molar refractivity (Wildman–Crippen MR) is 149 cm³/mol. The van der Waals surface area contributed by atoms with Gasteiger partial charge in [-0.25, -0.2) is 9.59 Å². The maximum Gasteiger partial charge on any atom is 0.335 e. The van der Waals surface area contributed by atoms with E-state index in [9.17, 15) is 54.3 Å². The Labute approximate surface area is 267 Å². The molecule has 0 aliphatic carbocycles. The molecule has 15 atom stereocenters. The van der Waals surface area contributed by atoms with E-state index in [0.717, 1.165) is 27.7 Å². The normalized spacial score (nSPS) is 40.4. The number of ether oxygens (including phenoxy) is 5. The zero-order valence-corrected chi connectivity index (χ0v) is 26.0. The van der Waals surface area contributed by atoms with Gasteiger partial charge in [0, 0.05) is 27.7 Å². The van der Waals surface area contributed by atoms with Crippen LogP contribution in [0.15, 0.2) is 0 Å². The number of hydrogen-bond acceptors (Lipinski definition) is 15. The fourth-order valence-corrected chi connectivity index (χ4v) is 5.65. The van der Waals surface area contributed by atoms with Crippen molar-refractivity contribution in [1.82, 2.24) is 21.3 Å². The summed E-state index contributed by atoms with van der Waals surface area (Å²) >= 11 is 0. The zero-order chi connectivity index (χ0) is 35.5. The van der Waals surface area contributed by atoms with Crippen LogP contribution in [0.2, 0.25) is 0 Å². The van der Waals surface area contributed by atoms with Crippen molar-refractivity contribution in [3.8, 4) is 0 Å². The molecule has 0 unspecified atom stereocenters. The third kappa shape index (κ3) is 8.88. The van der Waals surface area contributed by atoms with Gasteiger partial charge in [0.1, 0.15) is 36.5 Å². The number of hydrogen-bond donors (Lipinski definition) is 10. The number of nitrogens with one attached hydrogen (secondary N) is 4. The van der Waals surface area contributed by atoms with Crippen molar-refractivity contribution in [3.05, 3.63) is 0 Å². The Morgan fingerprint density at radius 2 is 1.02 bits per heavy atom. The van der Waals surface area contributed by atoms with Gasteiger partial charge in [-0.1, -0.05) is 0 Å². The Bertz CT molecular complexity index is 1210. The summed E-state index contributed by atoms with van der Waals surface area (Å²) in [6.45, 7) is 5.70. The Morgan fingerprint density at radius 1 is 0.596 bits per heavy atom. The van der Waals surface area contributed by atoms with Crippen molar-refractivity contribution in [2.45, 2.75) is 126 Å². The number of carbonyl (C=O) groups is 6. The molecule has 0 spiro atoms. The first kappa shape index (κ1) is 37.9. The summed E-state index contributed by atoms with van der Waals surface area (Å²) in [6.07, 6.45) is -17.4. The molecular formula is C26H41N5O16. The summed E-state index contributed by atoms with van der Waals surface area (Å²) in [5.41, 5.74) is 6.04. The molecule has 266 valence electrons. The molecule has 0 radical (unpaired) electrons. The molecule has 47 heavy (non-hydrogen) atoms. The minimum atomic E-state index is -2.10. The molecule has 4 amide bonds. The van der Waals surface area contributed by atoms with Gasteiger partial charge in [-0.05, 0) is 6.92 Å². The van der Waals surface area contributed by atoms with Crippen LogP contribution in [0.3, 0.4) is 0 Å². The fourth-order valence-electron chi connectivity index (χ4n) is 5.65. The molecule has 3 heterocycles. The Hall–Kier alpha value is -3.54. The fraction of sp³-hybridized carbons (Fsp3) is 0.769. The van der Waals surface area contributed by atoms with Crippen LogP contribution in [-0.2, 0) is 52.5 Å². The standard InChI is InChI=1S/C26H41N5O16/c1-6-16(36)18(15(24(42)43-6)31-10(5)35)44-26-14(30-9(4)34)13(29-8(3)33)19(21(47-26)23(40)41)45-25-12(28-7(2)32)11(27)17(37)20(46-25)22(38)39/h6,11-21,24-26,36-37,42H,27H2,1-5H3,(H,28,32)(H,29,33)(H,30,34)(H,31,35)(H,38,39)(H,40,41)/t6-,11-,12+,13-,14+,15-,16+,17+,18-,19+,20+,21-,24-,25-,26-/m1/s1. The number of amides is 4. The first-order valence-corrected chi connectivity index (χ1v) is 14.4. The van der Waals surface area contributed by atoms with Crippen molar-refractivity contribution >= 4 is 35.6 Å². The van der Waals surface area contributed by atoms with Gasteiger partial charge in [0.25, 0.3) is 0 Å². The average Bonchev–Trinajstić information content (AvgIpc) is 2.94. The number of aliphatic hydroxyl groups is 3. The number of carbonyl (C=O) groups excluding carboxylic acids is 4. The van der Waals surface area contributed by atoms with Crippen molar-refractivity contribution < 1.29 is 78.0 Å². The van der Waals surface area contributed by atoms with Gasteiger partial charge < -0.3 is 76.2 Å². The maximum absolute atomic E-state index is 12.6. The van der Waals surface area contributed by atoms with Crippen LogP contribution in [-0.4, -0.2) is 153 Å². The summed E-state index contributed by atoms with van der Waals surface area (Å²) < 4.78 is 28.3. The van der Waals surface area contributed by atoms with E-state index in [0.29, 0.717) is 0 Å². The monoisotopic (exact) mass is 679 g/mol. The average molecular weight is 680 g/mol. The largest absolute Gasteiger partial charge is 0.479 e. The second-order valence-corrected chi connectivity index (χ2v) is 11.4. The molecule has 0 bridgehead atoms. The summed E-state index contributed by atoms with van der Waals surface area (Å²) in [5.74, 6) is -6.26. The molecule has 0 aromatic rings. The first-order chi connectivity index (χ1) is 21.8. The first-order valence-electron chi connectivity index (χ1n) is 14.4. The van der Waals surface area contributed by atoms with Gasteiger partial charge in [-0.15, -0.1) is 0 Å². The number of aliphatic carboxylic acids is 2. The highest BCUT2D eigenvalue weighted by Gasteiger charge is 2.56. The lowest BCUT2D eigenvalue weighted by molar-refractivity contribution is -0.325. The third-order valence-electron chi connectivity index (χ3n) is 7.69. The van der Waals surface area contributed by atoms with Gasteiger partial charge in [0.05, 0.1) is 24.2 Å². The smallest absolute Gasteiger partial charge is 0.335 e. The van der Waals surface area contributed by atoms with Gasteiger partial charge in [-0.3, -0.25) is 19.2 Å². The Kier molecular flexibility index (Phi) is 12.6. The Balaban J connectivity index is 2.09. The lowest BCUT2D eigenvalue weighted by Crippen LogP contribution is -2.74. The number of carboxylic acids is 2. The molecule has 11 N–H and O–H groups in total. The molecule has 3 saturated heterocycles. The van der Waals surface area contributed by atoms with Crippen molar-refractivity contribution in [3.63, 3.8) is 0 Å². The van der Waals surface area contributed by atoms with Gasteiger partial charge in [0.15, 0.2) is 31.1 Å². The van der Waals surface area contributed by atoms with Gasteiger partial charge >= 0.3 is 11.9 Å². The van der Waals surface area contributed by atoms with E-state index in [1.54, 1.807) is 0 Å². The quantitative estimate of drug-likeness (QED) is 0.103. The van der Waals surface area contributed by atoms with Crippen LogP contribution in [0.25, 0.3) is 0 Å². The second-order valence-electron chi connectivity index (χ2n) is 11.4. The minimum absolute atomic E-state index is 0.659. The van der Waals surface area contributed by atoms with Crippen LogP contribution < -0.4 is 27.0 Å². The van der Waals surface area contributed by atoms with Crippen molar-refractivity contribution in [1.29, 1.82) is 0 Å². The molecule has 3 fully saturated rings. The van der Waals surface area contributed by atoms with Gasteiger partial charge in [0.2, 0.25) is 23.6 Å². The summed E-state index contributed by atoms with van der Waals surface area (Å²) in [5, 5.41) is 61.4. The van der Waals surface area contributed by atoms with E-state index < -0.39 is 127 Å². The van der Waals surface area contributed by atoms with Crippen LogP contribution in [0.1, 0.15) is 34.6 Å². The van der Waals surface area contributed by atoms with Gasteiger partial charge in [-0.2, -0.15) is 0 Å². The molecule has 21 nitrogen and oxygen atoms in total. The number of carboxylic acid groups (broad SMARTS) is 2. The highest BCUT2D eigenvalue weighted by Crippen LogP contribution is 2.32. The summed E-state index contributed by atoms with van der Waals surface area (Å²) in [7, 11) is 0. The van der Waals surface area contributed by atoms with E-state index in [2.05, 4.69) is 21.3 Å². The highest BCUT2D eigenvalue weighted by atomic mass is 16.7. The van der Waals surface area contributed by atoms with E-state index in [1.807, 2.05) is 0 Å². The number of rotatable bonds is 10. The summed E-state index contributed by atoms with van der Waals surface area (Å²) in [6, 6.07) is -7.51. The van der Waals surface area contributed by atoms with Crippen molar-refractivity contribution in [2.24, 2.45) is 5.73 Å². The van der Waals surface area contributed by atoms with E-state index in [-0.39, 0.29) is 0 Å². The van der Waals surface area contributed by atoms with E-state index in [4.69, 9.17) is 29.4 Å². The second kappa shape index (κ2) is 15.6. The lowest BCUT2D eigenvalue weighted by atomic mass is 9.91. The molecule has 0 aromatic carbocycles. The molecule has 0 saturated carbocycles. The van der Waals surface area contributed by atoms with E-state index in [1.165, 1.54) is 6.92 Å². The SMILES string of the molecule is CC(=O)N[C@@H]1[C@H](O[C@H]2[C@H](NC(C)=O)[C@H](NC(C)=O)[C@H](O[C@H]3[C@@H](O)[C@@H](C)O[C@@H](O)[C@@H]3NC(C)=O)O[C@H]2C(=O)O)O[C@H](C(=O)O)[C@@H](O)[C@@H]1N. The van der Waals surface area contributed by atoms with Crippen LogP contribution in [0, 0.1) is 0 Å². The van der Waals surface area contributed by atoms with Crippen molar-refractivity contribution in [2.75, 3.05) is 0 Å². The highest BCUT2D eigenvalue weighted by molar-refractivity contribution is 5.77. The zero-order valence-electron chi connectivity index (χ0n) is 26.0. The minimum Gasteiger partial charge on any atom is -0.479 e. The van der Waals surface area contributed by atoms with Crippen LogP contribution >= 0.6 is 0 Å². The predicted octanol–water partition coefficient (Wildman–Crippen LogP) is -5.82. The van der Waals surface area contributed by atoms with Crippen LogP contribution in [0.4, 0.5) is 0 Å². The molecular weight excluding hydrogens is 638 g/mol. The lowest BCUT2D eigenvalue weighted by Gasteiger charge is -2.50. The third-order valence-corrected chi connectivity index (χ3v) is 7.69. The Morgan fingerprint density at radius 3 is 1.53 bits per heavy atom. The summed E-state index contributed by atoms with van der Waals surface area (Å²) in [4.78, 5) is 73.2. The molecule has 21 heteroatoms. The number of aliphatic hydroxyl groups excluding tert-OH is 3. The van der Waals surface area contributed by atoms with E-state index >= 15 is 0 Å². The molecule has 3 aliphatic rings. The maximum atomic E-state index is 12.6. The molecule has 0 aromatic heterocycles. The molecule has 3 rings (SSSR count). The topological polar surface area (TPSA) is 324 Å². The van der Waals surface area contributed by atoms with Crippen LogP contribution in [0.5, 0.6) is 0 Å². The number of nitrogens with two attached hydrogens (primary N) is 1.